The van der Waals surface area contributed by atoms with Crippen LogP contribution in [0.25, 0.3) is 0 Å². The quantitative estimate of drug-likeness (QED) is 0.699. The molecule has 1 heterocycles. The normalized spacial score (nSPS) is 19.1. The minimum absolute atomic E-state index is 0.0456. The van der Waals surface area contributed by atoms with Crippen LogP contribution in [0.1, 0.15) is 16.7 Å². The third kappa shape index (κ3) is 2.35. The predicted octanol–water partition coefficient (Wildman–Crippen LogP) is 4.33. The van der Waals surface area contributed by atoms with Gasteiger partial charge in [0.1, 0.15) is 11.2 Å². The van der Waals surface area contributed by atoms with Gasteiger partial charge in [-0.3, -0.25) is 4.79 Å². The van der Waals surface area contributed by atoms with Crippen LogP contribution in [0.4, 0.5) is 10.1 Å². The van der Waals surface area contributed by atoms with Gasteiger partial charge >= 0.3 is 0 Å². The maximum absolute atomic E-state index is 13.4. The number of fused-ring (bicyclic) bond motifs is 1. The molecule has 2 nitrogen and oxygen atoms in total. The zero-order chi connectivity index (χ0) is 17.4. The van der Waals surface area contributed by atoms with Crippen molar-refractivity contribution >= 4 is 11.6 Å². The van der Waals surface area contributed by atoms with Gasteiger partial charge in [-0.1, -0.05) is 60.7 Å². The van der Waals surface area contributed by atoms with Gasteiger partial charge in [0.15, 0.2) is 0 Å². The number of likely N-dealkylation sites (N-methyl/N-ethyl adjacent to an activating group) is 1. The molecule has 1 aliphatic rings. The third-order valence-electron chi connectivity index (χ3n) is 5.04. The number of rotatable bonds is 3. The SMILES string of the molecule is CN1C(=O)C(Cc2ccc(F)cc2)(c2ccccc2)c2ccccc21. The molecule has 1 unspecified atom stereocenters. The first-order valence-electron chi connectivity index (χ1n) is 8.30. The molecule has 0 saturated heterocycles. The molecule has 1 aliphatic heterocycles. The molecule has 3 aromatic rings. The van der Waals surface area contributed by atoms with Crippen LogP contribution < -0.4 is 4.90 Å². The summed E-state index contributed by atoms with van der Waals surface area (Å²) in [7, 11) is 1.82. The van der Waals surface area contributed by atoms with Crippen molar-refractivity contribution in [1.82, 2.24) is 0 Å². The van der Waals surface area contributed by atoms with Gasteiger partial charge in [0.25, 0.3) is 0 Å². The summed E-state index contributed by atoms with van der Waals surface area (Å²) >= 11 is 0. The number of halogens is 1. The average molecular weight is 331 g/mol. The maximum Gasteiger partial charge on any atom is 0.242 e. The average Bonchev–Trinajstić information content (AvgIpc) is 2.87. The molecule has 4 rings (SSSR count). The molecular formula is C22H18FNO. The molecule has 25 heavy (non-hydrogen) atoms. The van der Waals surface area contributed by atoms with Crippen molar-refractivity contribution in [1.29, 1.82) is 0 Å². The molecule has 0 fully saturated rings. The Bertz CT molecular complexity index is 920. The third-order valence-corrected chi connectivity index (χ3v) is 5.04. The largest absolute Gasteiger partial charge is 0.314 e. The lowest BCUT2D eigenvalue weighted by molar-refractivity contribution is -0.121. The molecule has 3 aromatic carbocycles. The fraction of sp³-hybridized carbons (Fsp3) is 0.136. The number of hydrogen-bond acceptors (Lipinski definition) is 1. The Morgan fingerprint density at radius 1 is 0.880 bits per heavy atom. The second kappa shape index (κ2) is 5.85. The Hall–Kier alpha value is -2.94. The van der Waals surface area contributed by atoms with E-state index >= 15 is 0 Å². The van der Waals surface area contributed by atoms with E-state index < -0.39 is 5.41 Å². The summed E-state index contributed by atoms with van der Waals surface area (Å²) in [6.45, 7) is 0. The van der Waals surface area contributed by atoms with Crippen molar-refractivity contribution in [2.45, 2.75) is 11.8 Å². The van der Waals surface area contributed by atoms with Crippen LogP contribution in [0.15, 0.2) is 78.9 Å². The first kappa shape index (κ1) is 15.6. The minimum Gasteiger partial charge on any atom is -0.314 e. The predicted molar refractivity (Wildman–Crippen MR) is 97.2 cm³/mol. The summed E-state index contributed by atoms with van der Waals surface area (Å²) in [6, 6.07) is 24.2. The van der Waals surface area contributed by atoms with Crippen molar-refractivity contribution in [3.05, 3.63) is 101 Å². The Morgan fingerprint density at radius 3 is 2.24 bits per heavy atom. The van der Waals surface area contributed by atoms with Crippen LogP contribution in [-0.2, 0) is 16.6 Å². The Balaban J connectivity index is 1.94. The highest BCUT2D eigenvalue weighted by Crippen LogP contribution is 2.47. The molecule has 1 amide bonds. The molecule has 0 N–H and O–H groups in total. The molecule has 1 atom stereocenters. The summed E-state index contributed by atoms with van der Waals surface area (Å²) < 4.78 is 13.3. The topological polar surface area (TPSA) is 20.3 Å². The van der Waals surface area contributed by atoms with Crippen LogP contribution >= 0.6 is 0 Å². The van der Waals surface area contributed by atoms with Gasteiger partial charge < -0.3 is 4.90 Å². The van der Waals surface area contributed by atoms with Gasteiger partial charge in [0.2, 0.25) is 5.91 Å². The van der Waals surface area contributed by atoms with Gasteiger partial charge in [0, 0.05) is 12.7 Å². The van der Waals surface area contributed by atoms with E-state index in [2.05, 4.69) is 0 Å². The summed E-state index contributed by atoms with van der Waals surface area (Å²) in [5.41, 5.74) is 3.03. The van der Waals surface area contributed by atoms with E-state index in [4.69, 9.17) is 0 Å². The van der Waals surface area contributed by atoms with Crippen LogP contribution in [-0.4, -0.2) is 13.0 Å². The number of para-hydroxylation sites is 1. The van der Waals surface area contributed by atoms with Crippen LogP contribution in [0.3, 0.4) is 0 Å². The number of benzene rings is 3. The number of amides is 1. The number of anilines is 1. The number of carbonyl (C=O) groups is 1. The van der Waals surface area contributed by atoms with E-state index in [1.54, 1.807) is 17.0 Å². The van der Waals surface area contributed by atoms with Crippen molar-refractivity contribution in [2.24, 2.45) is 0 Å². The van der Waals surface area contributed by atoms with E-state index in [1.807, 2.05) is 61.6 Å². The van der Waals surface area contributed by atoms with E-state index in [-0.39, 0.29) is 11.7 Å². The molecule has 0 spiro atoms. The molecular weight excluding hydrogens is 313 g/mol. The molecule has 0 aliphatic carbocycles. The van der Waals surface area contributed by atoms with Crippen molar-refractivity contribution in [3.8, 4) is 0 Å². The fourth-order valence-corrected chi connectivity index (χ4v) is 3.82. The maximum atomic E-state index is 13.4. The lowest BCUT2D eigenvalue weighted by Gasteiger charge is -2.29. The number of carbonyl (C=O) groups excluding carboxylic acids is 1. The highest BCUT2D eigenvalue weighted by atomic mass is 19.1. The highest BCUT2D eigenvalue weighted by molar-refractivity contribution is 6.10. The molecule has 0 saturated carbocycles. The summed E-state index contributed by atoms with van der Waals surface area (Å²) in [5.74, 6) is -0.225. The first-order chi connectivity index (χ1) is 12.1. The number of hydrogen-bond donors (Lipinski definition) is 0. The zero-order valence-electron chi connectivity index (χ0n) is 13.9. The van der Waals surface area contributed by atoms with Crippen LogP contribution in [0.2, 0.25) is 0 Å². The van der Waals surface area contributed by atoms with Gasteiger partial charge in [-0.05, 0) is 41.3 Å². The van der Waals surface area contributed by atoms with Gasteiger partial charge in [-0.15, -0.1) is 0 Å². The first-order valence-corrected chi connectivity index (χ1v) is 8.30. The van der Waals surface area contributed by atoms with Crippen molar-refractivity contribution in [2.75, 3.05) is 11.9 Å². The van der Waals surface area contributed by atoms with E-state index in [1.165, 1.54) is 12.1 Å². The van der Waals surface area contributed by atoms with Gasteiger partial charge in [-0.25, -0.2) is 4.39 Å². The smallest absolute Gasteiger partial charge is 0.242 e. The Labute approximate surface area is 146 Å². The molecule has 124 valence electrons. The summed E-state index contributed by atoms with van der Waals surface area (Å²) in [4.78, 5) is 15.1. The lowest BCUT2D eigenvalue weighted by atomic mass is 9.71. The van der Waals surface area contributed by atoms with E-state index in [0.29, 0.717) is 6.42 Å². The monoisotopic (exact) mass is 331 g/mol. The fourth-order valence-electron chi connectivity index (χ4n) is 3.82. The summed E-state index contributed by atoms with van der Waals surface area (Å²) in [5, 5.41) is 0. The molecule has 3 heteroatoms. The Morgan fingerprint density at radius 2 is 1.52 bits per heavy atom. The molecule has 0 bridgehead atoms. The van der Waals surface area contributed by atoms with Crippen LogP contribution in [0, 0.1) is 5.82 Å². The van der Waals surface area contributed by atoms with E-state index in [0.717, 1.165) is 22.4 Å². The second-order valence-electron chi connectivity index (χ2n) is 6.46. The van der Waals surface area contributed by atoms with E-state index in [9.17, 15) is 9.18 Å². The molecule has 0 aromatic heterocycles. The van der Waals surface area contributed by atoms with Crippen molar-refractivity contribution < 1.29 is 9.18 Å². The lowest BCUT2D eigenvalue weighted by Crippen LogP contribution is -2.41. The summed E-state index contributed by atoms with van der Waals surface area (Å²) in [6.07, 6.45) is 0.498. The van der Waals surface area contributed by atoms with Gasteiger partial charge in [-0.2, -0.15) is 0 Å². The van der Waals surface area contributed by atoms with Gasteiger partial charge in [0.05, 0.1) is 0 Å². The standard InChI is InChI=1S/C22H18FNO/c1-24-20-10-6-5-9-19(20)22(21(24)25,17-7-3-2-4-8-17)15-16-11-13-18(23)14-12-16/h2-14H,15H2,1H3. The zero-order valence-corrected chi connectivity index (χ0v) is 13.9. The van der Waals surface area contributed by atoms with Crippen LogP contribution in [0.5, 0.6) is 0 Å². The number of nitrogens with zero attached hydrogens (tertiary/aromatic N) is 1. The minimum atomic E-state index is -0.787. The highest BCUT2D eigenvalue weighted by Gasteiger charge is 2.50. The molecule has 0 radical (unpaired) electrons. The van der Waals surface area contributed by atoms with Crippen molar-refractivity contribution in [3.63, 3.8) is 0 Å². The Kier molecular flexibility index (Phi) is 3.65. The second-order valence-corrected chi connectivity index (χ2v) is 6.46.